The second-order valence-corrected chi connectivity index (χ2v) is 6.41. The van der Waals surface area contributed by atoms with Crippen LogP contribution in [0.1, 0.15) is 35.7 Å². The molecule has 0 atom stereocenters. The Morgan fingerprint density at radius 3 is 2.45 bits per heavy atom. The third-order valence-electron chi connectivity index (χ3n) is 4.10. The first-order chi connectivity index (χ1) is 14.2. The van der Waals surface area contributed by atoms with Crippen molar-refractivity contribution in [2.45, 2.75) is 19.8 Å². The molecule has 1 N–H and O–H groups in total. The van der Waals surface area contributed by atoms with Crippen LogP contribution in [0.4, 0.5) is 0 Å². The van der Waals surface area contributed by atoms with Gasteiger partial charge in [-0.2, -0.15) is 5.10 Å². The molecule has 0 saturated heterocycles. The number of rotatable bonds is 9. The molecule has 3 rings (SSSR count). The summed E-state index contributed by atoms with van der Waals surface area (Å²) in [7, 11) is 0. The summed E-state index contributed by atoms with van der Waals surface area (Å²) in [5.41, 5.74) is 3.87. The van der Waals surface area contributed by atoms with E-state index in [1.165, 1.54) is 0 Å². The molecule has 0 aliphatic carbocycles. The number of hydrogen-bond donors (Lipinski definition) is 1. The van der Waals surface area contributed by atoms with Crippen LogP contribution in [0.25, 0.3) is 0 Å². The maximum Gasteiger partial charge on any atom is 0.271 e. The van der Waals surface area contributed by atoms with Gasteiger partial charge in [0.05, 0.1) is 12.8 Å². The van der Waals surface area contributed by atoms with Gasteiger partial charge >= 0.3 is 0 Å². The molecule has 148 valence electrons. The molecule has 0 heterocycles. The zero-order valence-electron chi connectivity index (χ0n) is 16.4. The fourth-order valence-electron chi connectivity index (χ4n) is 2.55. The van der Waals surface area contributed by atoms with Crippen LogP contribution >= 0.6 is 0 Å². The molecule has 0 spiro atoms. The fourth-order valence-corrected chi connectivity index (χ4v) is 2.55. The van der Waals surface area contributed by atoms with Crippen molar-refractivity contribution in [3.05, 3.63) is 90.0 Å². The van der Waals surface area contributed by atoms with Gasteiger partial charge in [-0.25, -0.2) is 5.43 Å². The predicted octanol–water partition coefficient (Wildman–Crippen LogP) is 5.42. The highest BCUT2D eigenvalue weighted by molar-refractivity contribution is 5.95. The number of unbranched alkanes of at least 4 members (excludes halogenated alkanes) is 1. The number of amides is 1. The minimum Gasteiger partial charge on any atom is -0.494 e. The predicted molar refractivity (Wildman–Crippen MR) is 115 cm³/mol. The van der Waals surface area contributed by atoms with Gasteiger partial charge in [-0.15, -0.1) is 0 Å². The maximum atomic E-state index is 12.2. The highest BCUT2D eigenvalue weighted by Crippen LogP contribution is 2.21. The Labute approximate surface area is 171 Å². The van der Waals surface area contributed by atoms with Crippen molar-refractivity contribution < 1.29 is 14.3 Å². The second-order valence-electron chi connectivity index (χ2n) is 6.41. The van der Waals surface area contributed by atoms with E-state index in [0.29, 0.717) is 17.9 Å². The molecule has 3 aromatic rings. The van der Waals surface area contributed by atoms with Gasteiger partial charge < -0.3 is 9.47 Å². The SMILES string of the molecule is CCCCOc1ccc(C(=O)N/N=C/c2cccc(Oc3ccccc3)c2)cc1. The molecule has 0 aliphatic rings. The summed E-state index contributed by atoms with van der Waals surface area (Å²) in [6.45, 7) is 2.79. The molecule has 0 aliphatic heterocycles. The van der Waals surface area contributed by atoms with Gasteiger partial charge in [0, 0.05) is 5.56 Å². The molecule has 1 amide bonds. The Balaban J connectivity index is 1.54. The van der Waals surface area contributed by atoms with E-state index in [4.69, 9.17) is 9.47 Å². The average Bonchev–Trinajstić information content (AvgIpc) is 2.75. The van der Waals surface area contributed by atoms with Gasteiger partial charge in [-0.05, 0) is 60.5 Å². The monoisotopic (exact) mass is 388 g/mol. The van der Waals surface area contributed by atoms with Crippen LogP contribution in [-0.2, 0) is 0 Å². The molecule has 0 unspecified atom stereocenters. The van der Waals surface area contributed by atoms with E-state index >= 15 is 0 Å². The quantitative estimate of drug-likeness (QED) is 0.302. The summed E-state index contributed by atoms with van der Waals surface area (Å²) >= 11 is 0. The lowest BCUT2D eigenvalue weighted by atomic mass is 10.2. The van der Waals surface area contributed by atoms with Gasteiger partial charge in [0.1, 0.15) is 17.2 Å². The van der Waals surface area contributed by atoms with Crippen LogP contribution in [0.2, 0.25) is 0 Å². The lowest BCUT2D eigenvalue weighted by molar-refractivity contribution is 0.0955. The van der Waals surface area contributed by atoms with E-state index < -0.39 is 0 Å². The average molecular weight is 388 g/mol. The summed E-state index contributed by atoms with van der Waals surface area (Å²) in [4.78, 5) is 12.2. The molecule has 3 aromatic carbocycles. The number of ether oxygens (including phenoxy) is 2. The molecule has 0 saturated carbocycles. The molecular weight excluding hydrogens is 364 g/mol. The molecule has 0 radical (unpaired) electrons. The van der Waals surface area contributed by atoms with Gasteiger partial charge in [-0.1, -0.05) is 43.7 Å². The molecule has 5 heteroatoms. The Hall–Kier alpha value is -3.60. The van der Waals surface area contributed by atoms with Crippen molar-refractivity contribution in [1.82, 2.24) is 5.43 Å². The van der Waals surface area contributed by atoms with Crippen LogP contribution in [0, 0.1) is 0 Å². The second kappa shape index (κ2) is 10.7. The van der Waals surface area contributed by atoms with E-state index in [1.807, 2.05) is 54.6 Å². The summed E-state index contributed by atoms with van der Waals surface area (Å²) in [6.07, 6.45) is 3.67. The third kappa shape index (κ3) is 6.50. The number of para-hydroxylation sites is 1. The Morgan fingerprint density at radius 1 is 0.931 bits per heavy atom. The topological polar surface area (TPSA) is 59.9 Å². The van der Waals surface area contributed by atoms with Crippen LogP contribution < -0.4 is 14.9 Å². The minimum absolute atomic E-state index is 0.280. The van der Waals surface area contributed by atoms with Crippen molar-refractivity contribution in [1.29, 1.82) is 0 Å². The van der Waals surface area contributed by atoms with Crippen LogP contribution in [0.5, 0.6) is 17.2 Å². The Kier molecular flexibility index (Phi) is 7.41. The number of hydrazone groups is 1. The van der Waals surface area contributed by atoms with Crippen LogP contribution in [0.15, 0.2) is 84.0 Å². The molecule has 5 nitrogen and oxygen atoms in total. The highest BCUT2D eigenvalue weighted by atomic mass is 16.5. The molecular formula is C24H24N2O3. The van der Waals surface area contributed by atoms with Crippen LogP contribution in [0.3, 0.4) is 0 Å². The first kappa shape index (κ1) is 20.1. The van der Waals surface area contributed by atoms with Crippen molar-refractivity contribution in [2.75, 3.05) is 6.61 Å². The third-order valence-corrected chi connectivity index (χ3v) is 4.10. The first-order valence-corrected chi connectivity index (χ1v) is 9.64. The summed E-state index contributed by atoms with van der Waals surface area (Å²) < 4.78 is 11.4. The van der Waals surface area contributed by atoms with Gasteiger partial charge in [0.2, 0.25) is 0 Å². The Bertz CT molecular complexity index is 938. The van der Waals surface area contributed by atoms with E-state index in [9.17, 15) is 4.79 Å². The first-order valence-electron chi connectivity index (χ1n) is 9.64. The van der Waals surface area contributed by atoms with Crippen molar-refractivity contribution in [3.8, 4) is 17.2 Å². The summed E-state index contributed by atoms with van der Waals surface area (Å²) in [5, 5.41) is 4.04. The highest BCUT2D eigenvalue weighted by Gasteiger charge is 2.04. The molecule has 0 aromatic heterocycles. The summed E-state index contributed by atoms with van der Waals surface area (Å²) in [6, 6.07) is 24.1. The van der Waals surface area contributed by atoms with Crippen molar-refractivity contribution in [2.24, 2.45) is 5.10 Å². The zero-order valence-corrected chi connectivity index (χ0v) is 16.4. The minimum atomic E-state index is -0.280. The molecule has 0 fully saturated rings. The van der Waals surface area contributed by atoms with E-state index in [2.05, 4.69) is 17.5 Å². The lowest BCUT2D eigenvalue weighted by Crippen LogP contribution is -2.17. The number of nitrogens with one attached hydrogen (secondary N) is 1. The van der Waals surface area contributed by atoms with Gasteiger partial charge in [0.25, 0.3) is 5.91 Å². The standard InChI is InChI=1S/C24H24N2O3/c1-2-3-16-28-21-14-12-20(13-15-21)24(27)26-25-18-19-8-7-11-23(17-19)29-22-9-5-4-6-10-22/h4-15,17-18H,2-3,16H2,1H3,(H,26,27)/b25-18+. The number of hydrogen-bond acceptors (Lipinski definition) is 4. The van der Waals surface area contributed by atoms with Crippen molar-refractivity contribution in [3.63, 3.8) is 0 Å². The fraction of sp³-hybridized carbons (Fsp3) is 0.167. The van der Waals surface area contributed by atoms with Gasteiger partial charge in [-0.3, -0.25) is 4.79 Å². The van der Waals surface area contributed by atoms with E-state index in [-0.39, 0.29) is 5.91 Å². The lowest BCUT2D eigenvalue weighted by Gasteiger charge is -2.06. The number of nitrogens with zero attached hydrogens (tertiary/aromatic N) is 1. The van der Waals surface area contributed by atoms with E-state index in [1.54, 1.807) is 30.5 Å². The molecule has 0 bridgehead atoms. The smallest absolute Gasteiger partial charge is 0.271 e. The number of carbonyl (C=O) groups is 1. The molecule has 29 heavy (non-hydrogen) atoms. The largest absolute Gasteiger partial charge is 0.494 e. The van der Waals surface area contributed by atoms with Crippen molar-refractivity contribution >= 4 is 12.1 Å². The van der Waals surface area contributed by atoms with Crippen LogP contribution in [-0.4, -0.2) is 18.7 Å². The Morgan fingerprint density at radius 2 is 1.69 bits per heavy atom. The normalized spacial score (nSPS) is 10.7. The summed E-state index contributed by atoms with van der Waals surface area (Å²) in [5.74, 6) is 1.94. The maximum absolute atomic E-state index is 12.2. The number of benzene rings is 3. The number of carbonyl (C=O) groups excluding carboxylic acids is 1. The zero-order chi connectivity index (χ0) is 20.3. The van der Waals surface area contributed by atoms with E-state index in [0.717, 1.165) is 29.9 Å². The van der Waals surface area contributed by atoms with Gasteiger partial charge in [0.15, 0.2) is 0 Å².